The number of benzene rings is 2. The van der Waals surface area contributed by atoms with Crippen molar-refractivity contribution in [2.75, 3.05) is 11.9 Å². The molecule has 0 aliphatic carbocycles. The minimum atomic E-state index is -0.318. The molecule has 0 spiro atoms. The Morgan fingerprint density at radius 3 is 2.54 bits per heavy atom. The van der Waals surface area contributed by atoms with Gasteiger partial charge in [0.1, 0.15) is 5.82 Å². The van der Waals surface area contributed by atoms with Crippen molar-refractivity contribution in [1.29, 1.82) is 0 Å². The summed E-state index contributed by atoms with van der Waals surface area (Å²) in [5.74, 6) is -0.426. The highest BCUT2D eigenvalue weighted by Crippen LogP contribution is 2.39. The summed E-state index contributed by atoms with van der Waals surface area (Å²) in [6.07, 6.45) is 3.82. The Labute approximate surface area is 208 Å². The van der Waals surface area contributed by atoms with Crippen molar-refractivity contribution in [2.24, 2.45) is 0 Å². The molecule has 0 unspecified atom stereocenters. The first-order valence-corrected chi connectivity index (χ1v) is 11.8. The maximum absolute atomic E-state index is 14.7. The Kier molecular flexibility index (Phi) is 6.54. The van der Waals surface area contributed by atoms with E-state index < -0.39 is 0 Å². The Hall–Kier alpha value is -4.04. The number of para-hydroxylation sites is 2. The topological polar surface area (TPSA) is 62.2 Å². The van der Waals surface area contributed by atoms with E-state index in [2.05, 4.69) is 15.6 Å². The zero-order valence-electron chi connectivity index (χ0n) is 18.8. The number of amides is 1. The van der Waals surface area contributed by atoms with Gasteiger partial charge in [0.05, 0.1) is 23.5 Å². The molecule has 2 atom stereocenters. The highest BCUT2D eigenvalue weighted by Gasteiger charge is 2.41. The van der Waals surface area contributed by atoms with Gasteiger partial charge in [-0.3, -0.25) is 9.78 Å². The predicted octanol–water partition coefficient (Wildman–Crippen LogP) is 5.01. The zero-order valence-corrected chi connectivity index (χ0v) is 19.7. The summed E-state index contributed by atoms with van der Waals surface area (Å²) in [5.41, 5.74) is 2.86. The Bertz CT molecular complexity index is 1330. The number of nitrogens with zero attached hydrogens (tertiary/aromatic N) is 3. The highest BCUT2D eigenvalue weighted by atomic mass is 32.1. The van der Waals surface area contributed by atoms with E-state index in [1.54, 1.807) is 18.3 Å². The molecule has 2 aromatic heterocycles. The van der Waals surface area contributed by atoms with Crippen molar-refractivity contribution in [3.05, 3.63) is 115 Å². The molecule has 1 aliphatic heterocycles. The second-order valence-electron chi connectivity index (χ2n) is 8.24. The summed E-state index contributed by atoms with van der Waals surface area (Å²) in [5, 5.41) is 6.83. The monoisotopic (exact) mass is 485 g/mol. The fourth-order valence-electron chi connectivity index (χ4n) is 4.44. The molecule has 3 heterocycles. The van der Waals surface area contributed by atoms with Crippen molar-refractivity contribution >= 4 is 28.9 Å². The molecule has 35 heavy (non-hydrogen) atoms. The van der Waals surface area contributed by atoms with Gasteiger partial charge in [0.15, 0.2) is 5.11 Å². The minimum Gasteiger partial charge on any atom is -0.352 e. The van der Waals surface area contributed by atoms with E-state index in [-0.39, 0.29) is 30.2 Å². The average molecular weight is 486 g/mol. The van der Waals surface area contributed by atoms with E-state index in [4.69, 9.17) is 12.2 Å². The molecule has 176 valence electrons. The summed E-state index contributed by atoms with van der Waals surface area (Å²) in [6, 6.07) is 25.0. The van der Waals surface area contributed by atoms with Crippen LogP contribution in [-0.2, 0) is 4.79 Å². The van der Waals surface area contributed by atoms with Gasteiger partial charge in [0.2, 0.25) is 5.91 Å². The standard InChI is InChI=1S/C27H24FN5OS/c28-20-11-4-5-13-22(20)32-17-8-14-23(32)26-25(21-12-6-7-16-29-21)31-27(35)33(26)18-15-24(34)30-19-9-2-1-3-10-19/h1-14,16-17,25-26H,15,18H2,(H,30,34)(H,31,35)/t25-,26-/m1/s1. The fraction of sp³-hybridized carbons (Fsp3) is 0.148. The molecule has 8 heteroatoms. The summed E-state index contributed by atoms with van der Waals surface area (Å²) in [7, 11) is 0. The quantitative estimate of drug-likeness (QED) is 0.360. The van der Waals surface area contributed by atoms with Gasteiger partial charge in [-0.2, -0.15) is 0 Å². The number of carbonyl (C=O) groups is 1. The van der Waals surface area contributed by atoms with Crippen LogP contribution in [0.25, 0.3) is 5.69 Å². The first-order valence-electron chi connectivity index (χ1n) is 11.4. The second-order valence-corrected chi connectivity index (χ2v) is 8.63. The second kappa shape index (κ2) is 10.1. The van der Waals surface area contributed by atoms with Gasteiger partial charge in [-0.05, 0) is 60.7 Å². The van der Waals surface area contributed by atoms with Crippen LogP contribution >= 0.6 is 12.2 Å². The van der Waals surface area contributed by atoms with Crippen LogP contribution in [0.4, 0.5) is 10.1 Å². The normalized spacial score (nSPS) is 17.3. The SMILES string of the molecule is O=C(CCN1C(=S)N[C@H](c2ccccn2)[C@H]1c1cccn1-c1ccccc1F)Nc1ccccc1. The molecule has 6 nitrogen and oxygen atoms in total. The van der Waals surface area contributed by atoms with E-state index in [1.807, 2.05) is 82.4 Å². The number of aromatic nitrogens is 2. The summed E-state index contributed by atoms with van der Waals surface area (Å²) < 4.78 is 16.6. The molecule has 4 aromatic rings. The predicted molar refractivity (Wildman–Crippen MR) is 138 cm³/mol. The average Bonchev–Trinajstić information content (AvgIpc) is 3.48. The molecule has 1 amide bonds. The molecule has 5 rings (SSSR count). The first kappa shape index (κ1) is 22.7. The molecule has 1 aliphatic rings. The van der Waals surface area contributed by atoms with E-state index in [1.165, 1.54) is 6.07 Å². The molecular weight excluding hydrogens is 461 g/mol. The third-order valence-corrected chi connectivity index (χ3v) is 6.38. The number of pyridine rings is 1. The number of nitrogens with one attached hydrogen (secondary N) is 2. The van der Waals surface area contributed by atoms with Crippen LogP contribution in [0.5, 0.6) is 0 Å². The summed E-state index contributed by atoms with van der Waals surface area (Å²) in [4.78, 5) is 19.2. The lowest BCUT2D eigenvalue weighted by molar-refractivity contribution is -0.116. The van der Waals surface area contributed by atoms with Crippen LogP contribution in [0.2, 0.25) is 0 Å². The van der Waals surface area contributed by atoms with Gasteiger partial charge in [-0.1, -0.05) is 36.4 Å². The number of hydrogen-bond donors (Lipinski definition) is 2. The Morgan fingerprint density at radius 2 is 1.77 bits per heavy atom. The Morgan fingerprint density at radius 1 is 1.00 bits per heavy atom. The molecule has 0 radical (unpaired) electrons. The summed E-state index contributed by atoms with van der Waals surface area (Å²) >= 11 is 5.71. The number of anilines is 1. The molecule has 2 N–H and O–H groups in total. The van der Waals surface area contributed by atoms with Gasteiger partial charge in [0, 0.05) is 36.7 Å². The van der Waals surface area contributed by atoms with Crippen molar-refractivity contribution in [3.63, 3.8) is 0 Å². The molecule has 2 aromatic carbocycles. The molecule has 0 saturated carbocycles. The molecule has 0 bridgehead atoms. The third-order valence-electron chi connectivity index (χ3n) is 6.03. The van der Waals surface area contributed by atoms with E-state index in [0.717, 1.165) is 17.1 Å². The smallest absolute Gasteiger partial charge is 0.226 e. The lowest BCUT2D eigenvalue weighted by Gasteiger charge is -2.29. The lowest BCUT2D eigenvalue weighted by Crippen LogP contribution is -2.33. The number of carbonyl (C=O) groups excluding carboxylic acids is 1. The summed E-state index contributed by atoms with van der Waals surface area (Å²) in [6.45, 7) is 0.390. The zero-order chi connectivity index (χ0) is 24.2. The highest BCUT2D eigenvalue weighted by molar-refractivity contribution is 7.80. The van der Waals surface area contributed by atoms with Crippen LogP contribution in [0, 0.1) is 5.82 Å². The van der Waals surface area contributed by atoms with E-state index >= 15 is 0 Å². The van der Waals surface area contributed by atoms with Crippen LogP contribution in [-0.4, -0.2) is 32.0 Å². The number of hydrogen-bond acceptors (Lipinski definition) is 3. The molecule has 1 saturated heterocycles. The van der Waals surface area contributed by atoms with Gasteiger partial charge < -0.3 is 20.1 Å². The van der Waals surface area contributed by atoms with Crippen molar-refractivity contribution in [3.8, 4) is 5.69 Å². The van der Waals surface area contributed by atoms with Gasteiger partial charge >= 0.3 is 0 Å². The maximum atomic E-state index is 14.7. The largest absolute Gasteiger partial charge is 0.352 e. The van der Waals surface area contributed by atoms with Crippen LogP contribution in [0.3, 0.4) is 0 Å². The van der Waals surface area contributed by atoms with Crippen LogP contribution in [0.15, 0.2) is 97.3 Å². The van der Waals surface area contributed by atoms with Crippen molar-refractivity contribution < 1.29 is 9.18 Å². The minimum absolute atomic E-state index is 0.108. The van der Waals surface area contributed by atoms with E-state index in [9.17, 15) is 9.18 Å². The van der Waals surface area contributed by atoms with Gasteiger partial charge in [-0.25, -0.2) is 4.39 Å². The number of rotatable bonds is 7. The van der Waals surface area contributed by atoms with Crippen LogP contribution < -0.4 is 10.6 Å². The third kappa shape index (κ3) is 4.79. The van der Waals surface area contributed by atoms with Crippen LogP contribution in [0.1, 0.15) is 29.9 Å². The first-order chi connectivity index (χ1) is 17.1. The van der Waals surface area contributed by atoms with Crippen molar-refractivity contribution in [2.45, 2.75) is 18.5 Å². The lowest BCUT2D eigenvalue weighted by atomic mass is 10.0. The van der Waals surface area contributed by atoms with E-state index in [0.29, 0.717) is 17.3 Å². The van der Waals surface area contributed by atoms with Crippen molar-refractivity contribution in [1.82, 2.24) is 19.8 Å². The maximum Gasteiger partial charge on any atom is 0.226 e. The van der Waals surface area contributed by atoms with Gasteiger partial charge in [-0.15, -0.1) is 0 Å². The Balaban J connectivity index is 1.46. The fourth-order valence-corrected chi connectivity index (χ4v) is 4.77. The molecular formula is C27H24FN5OS. The van der Waals surface area contributed by atoms with Gasteiger partial charge in [0.25, 0.3) is 0 Å². The molecule has 1 fully saturated rings. The number of thiocarbonyl (C=S) groups is 1. The number of halogens is 1.